The maximum Gasteiger partial charge on any atom is 0.339 e. The first-order valence-corrected chi connectivity index (χ1v) is 4.69. The molecular weight excluding hydrogens is 234 g/mol. The summed E-state index contributed by atoms with van der Waals surface area (Å²) in [5.41, 5.74) is 1.80. The molecule has 0 saturated carbocycles. The number of rotatable bonds is 8. The summed E-state index contributed by atoms with van der Waals surface area (Å²) in [7, 11) is 1.50. The molecule has 0 aliphatic heterocycles. The lowest BCUT2D eigenvalue weighted by Gasteiger charge is -2.07. The van der Waals surface area contributed by atoms with E-state index in [2.05, 4.69) is 15.5 Å². The molecule has 17 heavy (non-hydrogen) atoms. The van der Waals surface area contributed by atoms with Crippen LogP contribution in [0.2, 0.25) is 0 Å². The van der Waals surface area contributed by atoms with E-state index >= 15 is 0 Å². The summed E-state index contributed by atoms with van der Waals surface area (Å²) in [6.45, 7) is -0.187. The van der Waals surface area contributed by atoms with Gasteiger partial charge in [-0.3, -0.25) is 9.63 Å². The quantitative estimate of drug-likeness (QED) is 0.293. The Bertz CT molecular complexity index is 270. The molecule has 0 aromatic heterocycles. The van der Waals surface area contributed by atoms with Gasteiger partial charge in [-0.1, -0.05) is 0 Å². The number of urea groups is 1. The lowest BCUT2D eigenvalue weighted by atomic mass is 10.5. The number of hydrogen-bond acceptors (Lipinski definition) is 5. The van der Waals surface area contributed by atoms with E-state index in [0.717, 1.165) is 0 Å². The van der Waals surface area contributed by atoms with Gasteiger partial charge in [0.15, 0.2) is 6.61 Å². The first kappa shape index (κ1) is 15.1. The summed E-state index contributed by atoms with van der Waals surface area (Å²) in [5, 5.41) is 12.8. The van der Waals surface area contributed by atoms with E-state index in [0.29, 0.717) is 13.2 Å². The van der Waals surface area contributed by atoms with Crippen LogP contribution in [0.5, 0.6) is 0 Å². The first-order valence-electron chi connectivity index (χ1n) is 4.69. The van der Waals surface area contributed by atoms with E-state index in [1.165, 1.54) is 7.11 Å². The van der Waals surface area contributed by atoms with Crippen molar-refractivity contribution in [2.24, 2.45) is 0 Å². The smallest absolute Gasteiger partial charge is 0.339 e. The summed E-state index contributed by atoms with van der Waals surface area (Å²) < 4.78 is 4.70. The van der Waals surface area contributed by atoms with E-state index in [1.807, 2.05) is 0 Å². The van der Waals surface area contributed by atoms with Crippen LogP contribution in [-0.4, -0.2) is 56.4 Å². The predicted octanol–water partition coefficient (Wildman–Crippen LogP) is -1.94. The largest absolute Gasteiger partial charge is 0.479 e. The fourth-order valence-corrected chi connectivity index (χ4v) is 0.715. The van der Waals surface area contributed by atoms with Gasteiger partial charge in [0.25, 0.3) is 0 Å². The molecule has 0 atom stereocenters. The molecule has 0 aliphatic carbocycles. The molecule has 4 N–H and O–H groups in total. The lowest BCUT2D eigenvalue weighted by Crippen LogP contribution is -2.43. The molecule has 9 heteroatoms. The van der Waals surface area contributed by atoms with E-state index in [4.69, 9.17) is 9.84 Å². The van der Waals surface area contributed by atoms with Gasteiger partial charge in [0.2, 0.25) is 5.91 Å². The van der Waals surface area contributed by atoms with Gasteiger partial charge in [-0.25, -0.2) is 15.1 Å². The van der Waals surface area contributed by atoms with Crippen molar-refractivity contribution in [2.45, 2.75) is 0 Å². The van der Waals surface area contributed by atoms with Crippen LogP contribution < -0.4 is 16.1 Å². The highest BCUT2D eigenvalue weighted by atomic mass is 16.7. The number of hydroxylamine groups is 1. The second-order valence-electron chi connectivity index (χ2n) is 2.81. The third-order valence-corrected chi connectivity index (χ3v) is 1.40. The highest BCUT2D eigenvalue weighted by Gasteiger charge is 2.05. The molecule has 0 aliphatic rings. The number of carbonyl (C=O) groups is 3. The van der Waals surface area contributed by atoms with Gasteiger partial charge in [-0.2, -0.15) is 0 Å². The molecule has 0 bridgehead atoms. The zero-order valence-electron chi connectivity index (χ0n) is 9.32. The van der Waals surface area contributed by atoms with Crippen molar-refractivity contribution < 1.29 is 29.1 Å². The van der Waals surface area contributed by atoms with Gasteiger partial charge >= 0.3 is 12.0 Å². The Hall–Kier alpha value is -1.87. The number of ether oxygens (including phenoxy) is 1. The SMILES string of the molecule is COCCNC(=O)CNC(=O)NOCC(=O)O. The van der Waals surface area contributed by atoms with Crippen LogP contribution in [0.15, 0.2) is 0 Å². The Morgan fingerprint density at radius 2 is 1.94 bits per heavy atom. The van der Waals surface area contributed by atoms with Gasteiger partial charge in [-0.15, -0.1) is 0 Å². The standard InChI is InChI=1S/C8H15N3O6/c1-16-3-2-9-6(12)4-10-8(15)11-17-5-7(13)14/h2-5H2,1H3,(H,9,12)(H,13,14)(H2,10,11,15). The maximum atomic E-state index is 11.1. The minimum Gasteiger partial charge on any atom is -0.479 e. The van der Waals surface area contributed by atoms with Crippen LogP contribution in [-0.2, 0) is 19.2 Å². The fourth-order valence-electron chi connectivity index (χ4n) is 0.715. The third-order valence-electron chi connectivity index (χ3n) is 1.40. The summed E-state index contributed by atoms with van der Waals surface area (Å²) in [6, 6.07) is -0.798. The molecule has 0 fully saturated rings. The second kappa shape index (κ2) is 9.36. The van der Waals surface area contributed by atoms with Gasteiger partial charge in [0.05, 0.1) is 13.2 Å². The Kier molecular flexibility index (Phi) is 8.33. The molecule has 3 amide bonds. The molecule has 0 radical (unpaired) electrons. The normalized spacial score (nSPS) is 9.47. The van der Waals surface area contributed by atoms with Gasteiger partial charge in [0, 0.05) is 13.7 Å². The van der Waals surface area contributed by atoms with E-state index < -0.39 is 24.5 Å². The number of hydrogen-bond donors (Lipinski definition) is 4. The predicted molar refractivity (Wildman–Crippen MR) is 55.0 cm³/mol. The molecule has 0 saturated heterocycles. The van der Waals surface area contributed by atoms with E-state index in [1.54, 1.807) is 5.48 Å². The van der Waals surface area contributed by atoms with E-state index in [9.17, 15) is 14.4 Å². The summed E-state index contributed by atoms with van der Waals surface area (Å²) >= 11 is 0. The van der Waals surface area contributed by atoms with Crippen LogP contribution in [0.3, 0.4) is 0 Å². The number of amides is 3. The van der Waals surface area contributed by atoms with Gasteiger partial charge in [0.1, 0.15) is 0 Å². The summed E-state index contributed by atoms with van der Waals surface area (Å²) in [6.07, 6.45) is 0. The number of methoxy groups -OCH3 is 1. The van der Waals surface area contributed by atoms with Crippen molar-refractivity contribution in [2.75, 3.05) is 33.4 Å². The highest BCUT2D eigenvalue weighted by Crippen LogP contribution is 1.72. The van der Waals surface area contributed by atoms with Crippen molar-refractivity contribution in [3.8, 4) is 0 Å². The molecule has 0 spiro atoms. The van der Waals surface area contributed by atoms with Crippen LogP contribution in [0, 0.1) is 0 Å². The molecule has 0 unspecified atom stereocenters. The summed E-state index contributed by atoms with van der Waals surface area (Å²) in [5.74, 6) is -1.61. The Morgan fingerprint density at radius 3 is 2.53 bits per heavy atom. The lowest BCUT2D eigenvalue weighted by molar-refractivity contribution is -0.144. The molecule has 0 rings (SSSR count). The van der Waals surface area contributed by atoms with Crippen LogP contribution in [0.25, 0.3) is 0 Å². The monoisotopic (exact) mass is 249 g/mol. The first-order chi connectivity index (χ1) is 8.06. The zero-order valence-corrected chi connectivity index (χ0v) is 9.32. The molecule has 9 nitrogen and oxygen atoms in total. The number of nitrogens with one attached hydrogen (secondary N) is 3. The van der Waals surface area contributed by atoms with Crippen LogP contribution in [0.1, 0.15) is 0 Å². The zero-order chi connectivity index (χ0) is 13.1. The van der Waals surface area contributed by atoms with Crippen LogP contribution >= 0.6 is 0 Å². The number of carboxylic acids is 1. The highest BCUT2D eigenvalue weighted by molar-refractivity contribution is 5.83. The number of carbonyl (C=O) groups excluding carboxylic acids is 2. The average molecular weight is 249 g/mol. The Labute approximate surface area is 97.4 Å². The Morgan fingerprint density at radius 1 is 1.24 bits per heavy atom. The van der Waals surface area contributed by atoms with Crippen molar-refractivity contribution in [1.82, 2.24) is 16.1 Å². The minimum atomic E-state index is -1.22. The fraction of sp³-hybridized carbons (Fsp3) is 0.625. The molecule has 0 aromatic carbocycles. The number of aliphatic carboxylic acids is 1. The molecule has 0 aromatic rings. The van der Waals surface area contributed by atoms with Crippen molar-refractivity contribution in [1.29, 1.82) is 0 Å². The van der Waals surface area contributed by atoms with Crippen molar-refractivity contribution in [3.05, 3.63) is 0 Å². The maximum absolute atomic E-state index is 11.1. The number of carboxylic acid groups (broad SMARTS) is 1. The minimum absolute atomic E-state index is 0.244. The third kappa shape index (κ3) is 10.4. The van der Waals surface area contributed by atoms with Gasteiger partial charge in [-0.05, 0) is 0 Å². The molecular formula is C8H15N3O6. The Balaban J connectivity index is 3.48. The molecule has 98 valence electrons. The second-order valence-corrected chi connectivity index (χ2v) is 2.81. The van der Waals surface area contributed by atoms with Crippen molar-refractivity contribution in [3.63, 3.8) is 0 Å². The summed E-state index contributed by atoms with van der Waals surface area (Å²) in [4.78, 5) is 36.3. The van der Waals surface area contributed by atoms with Crippen LogP contribution in [0.4, 0.5) is 4.79 Å². The molecule has 0 heterocycles. The van der Waals surface area contributed by atoms with E-state index in [-0.39, 0.29) is 6.54 Å². The topological polar surface area (TPSA) is 126 Å². The average Bonchev–Trinajstić information content (AvgIpc) is 2.26. The van der Waals surface area contributed by atoms with Gasteiger partial charge < -0.3 is 20.5 Å². The van der Waals surface area contributed by atoms with Crippen molar-refractivity contribution >= 4 is 17.9 Å².